The van der Waals surface area contributed by atoms with Gasteiger partial charge in [0.1, 0.15) is 0 Å². The molecule has 1 unspecified atom stereocenters. The van der Waals surface area contributed by atoms with Gasteiger partial charge in [-0.1, -0.05) is 0 Å². The summed E-state index contributed by atoms with van der Waals surface area (Å²) in [5.74, 6) is 0.0103. The molecule has 4 rings (SSSR count). The fourth-order valence-corrected chi connectivity index (χ4v) is 3.91. The zero-order chi connectivity index (χ0) is 17.2. The first-order valence-electron chi connectivity index (χ1n) is 9.03. The molecule has 7 heteroatoms. The van der Waals surface area contributed by atoms with Gasteiger partial charge in [-0.15, -0.1) is 0 Å². The molecular formula is C18H23N5O2. The number of rotatable bonds is 3. The molecule has 2 aromatic heterocycles. The summed E-state index contributed by atoms with van der Waals surface area (Å²) >= 11 is 0. The van der Waals surface area contributed by atoms with Crippen molar-refractivity contribution in [3.63, 3.8) is 0 Å². The molecule has 132 valence electrons. The summed E-state index contributed by atoms with van der Waals surface area (Å²) in [6.07, 6.45) is 7.07. The smallest absolute Gasteiger partial charge is 0.256 e. The molecule has 4 heterocycles. The first-order chi connectivity index (χ1) is 12.3. The molecule has 1 fully saturated rings. The maximum Gasteiger partial charge on any atom is 0.256 e. The zero-order valence-electron chi connectivity index (χ0n) is 14.5. The topological polar surface area (TPSA) is 73.1 Å². The minimum Gasteiger partial charge on any atom is -0.376 e. The third-order valence-electron chi connectivity index (χ3n) is 5.14. The molecule has 2 aromatic rings. The Morgan fingerprint density at radius 3 is 3.08 bits per heavy atom. The van der Waals surface area contributed by atoms with Crippen molar-refractivity contribution in [1.29, 1.82) is 0 Å². The van der Waals surface area contributed by atoms with Crippen LogP contribution in [-0.4, -0.2) is 43.9 Å². The second kappa shape index (κ2) is 6.92. The van der Waals surface area contributed by atoms with Crippen molar-refractivity contribution in [3.05, 3.63) is 41.0 Å². The quantitative estimate of drug-likeness (QED) is 0.855. The molecule has 0 spiro atoms. The van der Waals surface area contributed by atoms with Gasteiger partial charge in [0.25, 0.3) is 5.91 Å². The Morgan fingerprint density at radius 1 is 1.36 bits per heavy atom. The first-order valence-corrected chi connectivity index (χ1v) is 9.03. The van der Waals surface area contributed by atoms with Gasteiger partial charge in [-0.3, -0.25) is 9.48 Å². The molecular weight excluding hydrogens is 318 g/mol. The van der Waals surface area contributed by atoms with Crippen LogP contribution in [0.3, 0.4) is 0 Å². The molecule has 0 aliphatic carbocycles. The predicted octanol–water partition coefficient (Wildman–Crippen LogP) is 2.13. The van der Waals surface area contributed by atoms with Crippen LogP contribution in [0, 0.1) is 0 Å². The van der Waals surface area contributed by atoms with Gasteiger partial charge in [-0.05, 0) is 32.3 Å². The lowest BCUT2D eigenvalue weighted by atomic mass is 9.94. The van der Waals surface area contributed by atoms with Crippen molar-refractivity contribution in [2.45, 2.75) is 51.8 Å². The number of amides is 1. The van der Waals surface area contributed by atoms with Gasteiger partial charge in [-0.25, -0.2) is 0 Å². The molecule has 2 aliphatic heterocycles. The van der Waals surface area contributed by atoms with Crippen LogP contribution in [0.2, 0.25) is 0 Å². The van der Waals surface area contributed by atoms with E-state index in [0.717, 1.165) is 51.1 Å². The summed E-state index contributed by atoms with van der Waals surface area (Å²) in [4.78, 5) is 15.0. The number of carbonyl (C=O) groups excluding carboxylic acids is 1. The molecule has 0 bridgehead atoms. The van der Waals surface area contributed by atoms with Crippen LogP contribution in [0.25, 0.3) is 0 Å². The van der Waals surface area contributed by atoms with Crippen molar-refractivity contribution >= 4 is 5.91 Å². The SMILES string of the molecule is CCn1nc(C2CCCCN2C(=O)c2ccnnc2)c2c1CCOC2. The summed E-state index contributed by atoms with van der Waals surface area (Å²) in [5.41, 5.74) is 4.06. The predicted molar refractivity (Wildman–Crippen MR) is 90.9 cm³/mol. The number of aromatic nitrogens is 4. The maximum absolute atomic E-state index is 13.0. The van der Waals surface area contributed by atoms with Crippen molar-refractivity contribution in [1.82, 2.24) is 24.9 Å². The Hall–Kier alpha value is -2.28. The summed E-state index contributed by atoms with van der Waals surface area (Å²) in [6, 6.07) is 1.74. The number of hydrogen-bond donors (Lipinski definition) is 0. The van der Waals surface area contributed by atoms with E-state index < -0.39 is 0 Å². The van der Waals surface area contributed by atoms with Crippen LogP contribution in [0.1, 0.15) is 59.5 Å². The summed E-state index contributed by atoms with van der Waals surface area (Å²) in [6.45, 7) is 5.05. The molecule has 2 aliphatic rings. The molecule has 0 radical (unpaired) electrons. The molecule has 1 saturated heterocycles. The zero-order valence-corrected chi connectivity index (χ0v) is 14.5. The Kier molecular flexibility index (Phi) is 4.48. The summed E-state index contributed by atoms with van der Waals surface area (Å²) < 4.78 is 7.77. The highest BCUT2D eigenvalue weighted by atomic mass is 16.5. The Labute approximate surface area is 147 Å². The van der Waals surface area contributed by atoms with Crippen LogP contribution >= 0.6 is 0 Å². The fraction of sp³-hybridized carbons (Fsp3) is 0.556. The molecule has 1 atom stereocenters. The molecule has 0 saturated carbocycles. The highest BCUT2D eigenvalue weighted by molar-refractivity contribution is 5.94. The molecule has 0 N–H and O–H groups in total. The minimum absolute atomic E-state index is 0.0103. The minimum atomic E-state index is 0.0103. The van der Waals surface area contributed by atoms with Crippen molar-refractivity contribution in [2.24, 2.45) is 0 Å². The fourth-order valence-electron chi connectivity index (χ4n) is 3.91. The van der Waals surface area contributed by atoms with Crippen LogP contribution in [0.15, 0.2) is 18.5 Å². The standard InChI is InChI=1S/C18H23N5O2/c1-2-23-15-7-10-25-12-14(15)17(21-23)16-5-3-4-9-22(16)18(24)13-6-8-19-20-11-13/h6,8,11,16H,2-5,7,9-10,12H2,1H3. The number of likely N-dealkylation sites (tertiary alicyclic amines) is 1. The van der Waals surface area contributed by atoms with Crippen LogP contribution in [0.5, 0.6) is 0 Å². The van der Waals surface area contributed by atoms with Crippen molar-refractivity contribution < 1.29 is 9.53 Å². The summed E-state index contributed by atoms with van der Waals surface area (Å²) in [7, 11) is 0. The van der Waals surface area contributed by atoms with Gasteiger partial charge in [0, 0.05) is 30.8 Å². The van der Waals surface area contributed by atoms with E-state index in [1.165, 1.54) is 17.5 Å². The number of hydrogen-bond acceptors (Lipinski definition) is 5. The third kappa shape index (κ3) is 2.93. The third-order valence-corrected chi connectivity index (χ3v) is 5.14. The Morgan fingerprint density at radius 2 is 2.28 bits per heavy atom. The van der Waals surface area contributed by atoms with E-state index in [4.69, 9.17) is 9.84 Å². The Bertz CT molecular complexity index is 758. The van der Waals surface area contributed by atoms with Crippen LogP contribution in [0.4, 0.5) is 0 Å². The van der Waals surface area contributed by atoms with Crippen LogP contribution < -0.4 is 0 Å². The van der Waals surface area contributed by atoms with Gasteiger partial charge in [0.2, 0.25) is 0 Å². The van der Waals surface area contributed by atoms with E-state index in [0.29, 0.717) is 12.2 Å². The summed E-state index contributed by atoms with van der Waals surface area (Å²) in [5, 5.41) is 12.5. The number of nitrogens with zero attached hydrogens (tertiary/aromatic N) is 5. The number of fused-ring (bicyclic) bond motifs is 1. The molecule has 1 amide bonds. The van der Waals surface area contributed by atoms with Crippen molar-refractivity contribution in [2.75, 3.05) is 13.2 Å². The van der Waals surface area contributed by atoms with E-state index in [1.54, 1.807) is 12.3 Å². The average Bonchev–Trinajstić information content (AvgIpc) is 3.07. The van der Waals surface area contributed by atoms with Gasteiger partial charge in [-0.2, -0.15) is 15.3 Å². The number of piperidine rings is 1. The van der Waals surface area contributed by atoms with E-state index in [1.807, 2.05) is 4.90 Å². The number of carbonyl (C=O) groups is 1. The lowest BCUT2D eigenvalue weighted by molar-refractivity contribution is 0.0595. The largest absolute Gasteiger partial charge is 0.376 e. The van der Waals surface area contributed by atoms with E-state index in [2.05, 4.69) is 21.8 Å². The highest BCUT2D eigenvalue weighted by Gasteiger charge is 2.34. The maximum atomic E-state index is 13.0. The van der Waals surface area contributed by atoms with Crippen molar-refractivity contribution in [3.8, 4) is 0 Å². The second-order valence-electron chi connectivity index (χ2n) is 6.57. The van der Waals surface area contributed by atoms with Gasteiger partial charge in [0.15, 0.2) is 0 Å². The lowest BCUT2D eigenvalue weighted by Gasteiger charge is -2.35. The van der Waals surface area contributed by atoms with E-state index in [9.17, 15) is 4.79 Å². The molecule has 25 heavy (non-hydrogen) atoms. The van der Waals surface area contributed by atoms with Gasteiger partial charge < -0.3 is 9.64 Å². The molecule has 7 nitrogen and oxygen atoms in total. The number of aryl methyl sites for hydroxylation is 1. The normalized spacial score (nSPS) is 20.4. The van der Waals surface area contributed by atoms with Gasteiger partial charge >= 0.3 is 0 Å². The lowest BCUT2D eigenvalue weighted by Crippen LogP contribution is -2.39. The average molecular weight is 341 g/mol. The number of ether oxygens (including phenoxy) is 1. The Balaban J connectivity index is 1.70. The monoisotopic (exact) mass is 341 g/mol. The van der Waals surface area contributed by atoms with Crippen LogP contribution in [-0.2, 0) is 24.3 Å². The second-order valence-corrected chi connectivity index (χ2v) is 6.57. The highest BCUT2D eigenvalue weighted by Crippen LogP contribution is 2.35. The van der Waals surface area contributed by atoms with Gasteiger partial charge in [0.05, 0.1) is 42.9 Å². The van der Waals surface area contributed by atoms with E-state index in [-0.39, 0.29) is 11.9 Å². The van der Waals surface area contributed by atoms with E-state index >= 15 is 0 Å². The molecule has 0 aromatic carbocycles. The first kappa shape index (κ1) is 16.2.